The van der Waals surface area contributed by atoms with Crippen LogP contribution in [0.25, 0.3) is 21.7 Å². The fraction of sp³-hybridized carbons (Fsp3) is 0.453. The zero-order chi connectivity index (χ0) is 50.6. The van der Waals surface area contributed by atoms with Crippen molar-refractivity contribution in [3.8, 4) is 39.2 Å². The van der Waals surface area contributed by atoms with E-state index in [1.807, 2.05) is 74.9 Å². The van der Waals surface area contributed by atoms with Gasteiger partial charge in [-0.05, 0) is 66.2 Å². The molecule has 73 heavy (non-hydrogen) atoms. The molecule has 4 aliphatic heterocycles. The van der Waals surface area contributed by atoms with E-state index >= 15 is 0 Å². The van der Waals surface area contributed by atoms with Gasteiger partial charge in [-0.1, -0.05) is 50.2 Å². The highest BCUT2D eigenvalue weighted by Crippen LogP contribution is 2.40. The molecular formula is C53H64N12O7S. The Balaban J connectivity index is 0.650. The van der Waals surface area contributed by atoms with Crippen molar-refractivity contribution in [3.63, 3.8) is 0 Å². The Morgan fingerprint density at radius 3 is 2.29 bits per heavy atom. The van der Waals surface area contributed by atoms with Crippen LogP contribution in [0.4, 0.5) is 17.2 Å². The highest BCUT2D eigenvalue weighted by Gasteiger charge is 2.44. The molecule has 2 amide bonds. The predicted molar refractivity (Wildman–Crippen MR) is 277 cm³/mol. The number of nitrogens with zero attached hydrogens (tertiary/aromatic N) is 10. The predicted octanol–water partition coefficient (Wildman–Crippen LogP) is 5.20. The van der Waals surface area contributed by atoms with Gasteiger partial charge in [0.15, 0.2) is 11.6 Å². The molecule has 5 unspecified atom stereocenters. The van der Waals surface area contributed by atoms with E-state index in [0.717, 1.165) is 91.7 Å². The number of carbonyl (C=O) groups is 2. The van der Waals surface area contributed by atoms with Crippen LogP contribution in [-0.2, 0) is 16.1 Å². The normalized spacial score (nSPS) is 20.7. The van der Waals surface area contributed by atoms with Gasteiger partial charge in [0.2, 0.25) is 17.7 Å². The number of amides is 2. The lowest BCUT2D eigenvalue weighted by Gasteiger charge is -2.43. The molecule has 2 bridgehead atoms. The number of fused-ring (bicyclic) bond motifs is 2. The van der Waals surface area contributed by atoms with E-state index in [1.165, 1.54) is 4.90 Å². The number of aryl methyl sites for hydroxylation is 1. The molecule has 6 aromatic rings. The van der Waals surface area contributed by atoms with E-state index in [-0.39, 0.29) is 48.5 Å². The van der Waals surface area contributed by atoms with E-state index < -0.39 is 18.1 Å². The molecule has 0 saturated carbocycles. The number of pyridine rings is 1. The van der Waals surface area contributed by atoms with E-state index in [1.54, 1.807) is 29.5 Å². The summed E-state index contributed by atoms with van der Waals surface area (Å²) in [6, 6.07) is 22.6. The number of aliphatic hydroxyl groups is 1. The molecule has 384 valence electrons. The van der Waals surface area contributed by atoms with Crippen molar-refractivity contribution in [3.05, 3.63) is 102 Å². The van der Waals surface area contributed by atoms with Crippen LogP contribution in [0.1, 0.15) is 56.0 Å². The van der Waals surface area contributed by atoms with Gasteiger partial charge >= 0.3 is 0 Å². The first kappa shape index (κ1) is 49.7. The summed E-state index contributed by atoms with van der Waals surface area (Å²) in [6.07, 6.45) is 3.29. The summed E-state index contributed by atoms with van der Waals surface area (Å²) in [4.78, 5) is 48.7. The van der Waals surface area contributed by atoms with Gasteiger partial charge in [-0.2, -0.15) is 0 Å². The molecule has 0 aliphatic carbocycles. The highest BCUT2D eigenvalue weighted by molar-refractivity contribution is 7.13. The Labute approximate surface area is 428 Å². The first-order valence-corrected chi connectivity index (χ1v) is 26.2. The van der Waals surface area contributed by atoms with Crippen molar-refractivity contribution in [2.45, 2.75) is 76.7 Å². The lowest BCUT2D eigenvalue weighted by atomic mass is 9.91. The molecule has 20 heteroatoms. The summed E-state index contributed by atoms with van der Waals surface area (Å²) in [5, 5.41) is 36.8. The van der Waals surface area contributed by atoms with Crippen LogP contribution < -0.4 is 30.3 Å². The molecule has 8 heterocycles. The number of anilines is 3. The number of thiazole rings is 1. The summed E-state index contributed by atoms with van der Waals surface area (Å²) < 4.78 is 18.0. The lowest BCUT2D eigenvalue weighted by molar-refractivity contribution is -0.141. The van der Waals surface area contributed by atoms with Gasteiger partial charge in [0, 0.05) is 114 Å². The number of likely N-dealkylation sites (tertiary alicyclic amines) is 1. The molecule has 4 aliphatic rings. The number of nitrogens with one attached hydrogen (secondary N) is 1. The zero-order valence-corrected chi connectivity index (χ0v) is 42.4. The Morgan fingerprint density at radius 2 is 1.60 bits per heavy atom. The summed E-state index contributed by atoms with van der Waals surface area (Å²) >= 11 is 1.59. The van der Waals surface area contributed by atoms with Gasteiger partial charge in [0.05, 0.1) is 33.6 Å². The third kappa shape index (κ3) is 11.2. The zero-order valence-electron chi connectivity index (χ0n) is 41.5. The van der Waals surface area contributed by atoms with Gasteiger partial charge in [-0.15, -0.1) is 21.5 Å². The average Bonchev–Trinajstić information content (AvgIpc) is 4.20. The van der Waals surface area contributed by atoms with Crippen molar-refractivity contribution in [1.29, 1.82) is 0 Å². The summed E-state index contributed by atoms with van der Waals surface area (Å²) in [5.74, 6) is 0.321. The molecule has 19 nitrogen and oxygen atoms in total. The first-order chi connectivity index (χ1) is 35.4. The van der Waals surface area contributed by atoms with E-state index in [2.05, 4.69) is 62.4 Å². The molecule has 0 spiro atoms. The number of benzene rings is 2. The maximum Gasteiger partial charge on any atom is 0.254 e. The number of aromatic nitrogens is 5. The summed E-state index contributed by atoms with van der Waals surface area (Å²) in [6.45, 7) is 13.7. The van der Waals surface area contributed by atoms with Crippen molar-refractivity contribution in [1.82, 2.24) is 45.3 Å². The monoisotopic (exact) mass is 1010 g/mol. The second kappa shape index (κ2) is 22.1. The molecule has 10 rings (SSSR count). The van der Waals surface area contributed by atoms with E-state index in [0.29, 0.717) is 60.9 Å². The SMILES string of the molecule is Cc1ncsc1-c1ccc(CNC(=O)C2CC(O)CN2C(=O)C(c2cc(OCCN3CCN(CCOc4cc(N5C6CCC5CN(c5cc(-c7ccccc7O)nnc5N)C6)ccn4)CC3)no2)C(C)C)cc1. The number of aromatic hydroxyl groups is 1. The Kier molecular flexibility index (Phi) is 15.0. The second-order valence-electron chi connectivity index (χ2n) is 19.8. The number of hydrogen-bond donors (Lipinski definition) is 4. The summed E-state index contributed by atoms with van der Waals surface area (Å²) in [5.41, 5.74) is 14.3. The topological polar surface area (TPSA) is 225 Å². The first-order valence-electron chi connectivity index (χ1n) is 25.3. The smallest absolute Gasteiger partial charge is 0.254 e. The number of carbonyl (C=O) groups excluding carboxylic acids is 2. The van der Waals surface area contributed by atoms with E-state index in [9.17, 15) is 19.8 Å². The van der Waals surface area contributed by atoms with Crippen molar-refractivity contribution in [2.24, 2.45) is 5.92 Å². The van der Waals surface area contributed by atoms with Gasteiger partial charge in [-0.25, -0.2) is 9.97 Å². The number of nitrogen functional groups attached to an aromatic ring is 1. The third-order valence-electron chi connectivity index (χ3n) is 14.6. The van der Waals surface area contributed by atoms with Crippen molar-refractivity contribution >= 4 is 40.3 Å². The van der Waals surface area contributed by atoms with Crippen LogP contribution in [0.3, 0.4) is 0 Å². The molecule has 4 fully saturated rings. The number of rotatable bonds is 18. The molecule has 4 saturated heterocycles. The van der Waals surface area contributed by atoms with Crippen LogP contribution in [0.5, 0.6) is 17.5 Å². The van der Waals surface area contributed by atoms with Gasteiger partial charge in [0.1, 0.15) is 30.9 Å². The number of phenols is 1. The maximum atomic E-state index is 14.2. The number of phenolic OH excluding ortho intramolecular Hbond substituents is 1. The lowest BCUT2D eigenvalue weighted by Crippen LogP contribution is -2.54. The van der Waals surface area contributed by atoms with Crippen LogP contribution in [-0.4, -0.2) is 158 Å². The average molecular weight is 1010 g/mol. The van der Waals surface area contributed by atoms with E-state index in [4.69, 9.17) is 19.7 Å². The second-order valence-corrected chi connectivity index (χ2v) is 20.7. The molecule has 2 aromatic carbocycles. The Bertz CT molecular complexity index is 2840. The molecule has 5 N–H and O–H groups in total. The Hall–Kier alpha value is -6.87. The minimum atomic E-state index is -0.817. The molecule has 0 radical (unpaired) electrons. The van der Waals surface area contributed by atoms with Crippen LogP contribution >= 0.6 is 11.3 Å². The summed E-state index contributed by atoms with van der Waals surface area (Å²) in [7, 11) is 0. The number of para-hydroxylation sites is 1. The number of piperazine rings is 2. The third-order valence-corrected chi connectivity index (χ3v) is 15.6. The maximum absolute atomic E-state index is 14.2. The minimum Gasteiger partial charge on any atom is -0.507 e. The van der Waals surface area contributed by atoms with Crippen molar-refractivity contribution in [2.75, 3.05) is 87.7 Å². The van der Waals surface area contributed by atoms with Crippen LogP contribution in [0, 0.1) is 12.8 Å². The Morgan fingerprint density at radius 1 is 0.890 bits per heavy atom. The van der Waals surface area contributed by atoms with Crippen LogP contribution in [0.2, 0.25) is 0 Å². The highest BCUT2D eigenvalue weighted by atomic mass is 32.1. The number of aliphatic hydroxyl groups excluding tert-OH is 1. The number of hydrogen-bond acceptors (Lipinski definition) is 18. The molecular weight excluding hydrogens is 949 g/mol. The number of nitrogens with two attached hydrogens (primary N) is 1. The quantitative estimate of drug-likeness (QED) is 0.0869. The fourth-order valence-corrected chi connectivity index (χ4v) is 11.6. The largest absolute Gasteiger partial charge is 0.507 e. The van der Waals surface area contributed by atoms with Crippen LogP contribution in [0.15, 0.2) is 89.0 Å². The fourth-order valence-electron chi connectivity index (χ4n) is 10.8. The minimum absolute atomic E-state index is 0.0575. The number of ether oxygens (including phenoxy) is 2. The van der Waals surface area contributed by atoms with Crippen molar-refractivity contribution < 1.29 is 33.8 Å². The van der Waals surface area contributed by atoms with Gasteiger partial charge in [-0.3, -0.25) is 19.4 Å². The van der Waals surface area contributed by atoms with Gasteiger partial charge in [0.25, 0.3) is 5.88 Å². The van der Waals surface area contributed by atoms with Gasteiger partial charge < -0.3 is 50.0 Å². The number of β-amino-alcohol motifs (C(OH)–C–C–N with tert-alkyl or cyclic N) is 1. The molecule has 4 aromatic heterocycles. The standard InChI is InChI=1S/C53H64N12O7S/c1-33(2)49(53(69)64-31-40(66)25-44(64)52(68)56-28-35-8-10-36(11-9-35)50-34(3)57-32-73-50)46-27-48(60-72-46)71-23-21-62-18-16-61(17-19-62)20-22-70-47-24-37(14-15-55-47)65-38-12-13-39(65)30-63(29-38)43-26-42(58-59-51(43)54)41-6-4-5-7-45(41)67/h4-11,14-15,24,26-27,32-33,38-40,44,49,66-67H,12-13,16-23,25,28-31H2,1-3H3,(H2,54,59)(H,56,68). The molecule has 5 atom stereocenters.